The van der Waals surface area contributed by atoms with E-state index in [4.69, 9.17) is 0 Å². The van der Waals surface area contributed by atoms with E-state index >= 15 is 0 Å². The highest BCUT2D eigenvalue weighted by atomic mass is 16.3. The highest BCUT2D eigenvalue weighted by Crippen LogP contribution is 2.29. The molecule has 70 heavy (non-hydrogen) atoms. The van der Waals surface area contributed by atoms with Gasteiger partial charge in [-0.1, -0.05) is 246 Å². The zero-order chi connectivity index (χ0) is 50.6. The van der Waals surface area contributed by atoms with Gasteiger partial charge in [-0.05, 0) is 102 Å². The molecule has 1 saturated carbocycles. The second-order valence-corrected chi connectivity index (χ2v) is 23.1. The molecule has 2 amide bonds. The Hall–Kier alpha value is -1.14. The minimum atomic E-state index is 0.362. The van der Waals surface area contributed by atoms with Gasteiger partial charge in [-0.15, -0.1) is 0 Å². The first-order valence-electron chi connectivity index (χ1n) is 32.4. The molecule has 0 aromatic rings. The molecule has 0 saturated heterocycles. The molecule has 0 aromatic heterocycles. The van der Waals surface area contributed by atoms with Gasteiger partial charge in [0.25, 0.3) is 0 Å². The van der Waals surface area contributed by atoms with Crippen molar-refractivity contribution in [2.75, 3.05) is 52.4 Å². The van der Waals surface area contributed by atoms with Crippen LogP contribution in [0.15, 0.2) is 0 Å². The molecule has 1 fully saturated rings. The smallest absolute Gasteiger partial charge is 0.222 e. The predicted molar refractivity (Wildman–Crippen MR) is 308 cm³/mol. The normalized spacial score (nSPS) is 15.1. The molecule has 6 heteroatoms. The average Bonchev–Trinajstić information content (AvgIpc) is 3.37. The summed E-state index contributed by atoms with van der Waals surface area (Å²) in [6, 6.07) is 0. The number of amides is 2. The number of aliphatic hydroxyl groups is 1. The molecule has 0 unspecified atom stereocenters. The summed E-state index contributed by atoms with van der Waals surface area (Å²) in [7, 11) is 0. The second-order valence-electron chi connectivity index (χ2n) is 23.1. The molecule has 0 aliphatic heterocycles. The highest BCUT2D eigenvalue weighted by molar-refractivity contribution is 5.76. The zero-order valence-corrected chi connectivity index (χ0v) is 48.4. The third kappa shape index (κ3) is 42.2. The lowest BCUT2D eigenvalue weighted by Gasteiger charge is -2.32. The quantitative estimate of drug-likeness (QED) is 0.0617. The summed E-state index contributed by atoms with van der Waals surface area (Å²) in [6.45, 7) is 17.0. The van der Waals surface area contributed by atoms with Crippen LogP contribution in [0.2, 0.25) is 0 Å². The van der Waals surface area contributed by atoms with Crippen LogP contribution in [-0.4, -0.2) is 84.0 Å². The van der Waals surface area contributed by atoms with Gasteiger partial charge >= 0.3 is 0 Å². The monoisotopic (exact) mass is 986 g/mol. The Kier molecular flexibility index (Phi) is 50.4. The molecule has 0 atom stereocenters. The third-order valence-electron chi connectivity index (χ3n) is 16.3. The Bertz CT molecular complexity index is 968. The van der Waals surface area contributed by atoms with E-state index in [9.17, 15) is 14.7 Å². The SMILES string of the molecule is CCCCCCCCCCN(CCCCCCCCCC)C(=O)CCCCCCCN(CCCCCCCC(=O)N(CCCCCCCCCC)CCCCCCCCCC)CC1CCC(CO)CC1. The van der Waals surface area contributed by atoms with Crippen LogP contribution in [0, 0.1) is 11.8 Å². The van der Waals surface area contributed by atoms with Gasteiger partial charge in [0.2, 0.25) is 11.8 Å². The zero-order valence-electron chi connectivity index (χ0n) is 48.4. The van der Waals surface area contributed by atoms with E-state index in [2.05, 4.69) is 42.4 Å². The van der Waals surface area contributed by atoms with Crippen molar-refractivity contribution in [3.63, 3.8) is 0 Å². The van der Waals surface area contributed by atoms with E-state index < -0.39 is 0 Å². The number of hydrogen-bond donors (Lipinski definition) is 1. The van der Waals surface area contributed by atoms with Gasteiger partial charge in [0.1, 0.15) is 0 Å². The minimum Gasteiger partial charge on any atom is -0.396 e. The topological polar surface area (TPSA) is 64.1 Å². The standard InChI is InChI=1S/C64H127N3O3/c1-5-9-13-17-21-25-35-43-55-66(56-44-36-26-22-18-14-10-6-2)63(69)47-39-31-29-33-41-53-65(59-61-49-51-62(60-68)52-50-61)54-42-34-30-32-40-48-64(70)67(57-45-37-27-23-19-15-11-7-3)58-46-38-28-24-20-16-12-8-4/h61-62,68H,5-60H2,1-4H3. The summed E-state index contributed by atoms with van der Waals surface area (Å²) in [4.78, 5) is 34.3. The van der Waals surface area contributed by atoms with Crippen LogP contribution in [0.4, 0.5) is 0 Å². The van der Waals surface area contributed by atoms with Crippen LogP contribution in [0.5, 0.6) is 0 Å². The summed E-state index contributed by atoms with van der Waals surface area (Å²) in [6.07, 6.45) is 60.7. The molecule has 0 aromatic carbocycles. The van der Waals surface area contributed by atoms with E-state index in [1.165, 1.54) is 302 Å². The molecule has 1 aliphatic carbocycles. The van der Waals surface area contributed by atoms with Crippen molar-refractivity contribution in [2.24, 2.45) is 11.8 Å². The van der Waals surface area contributed by atoms with Crippen LogP contribution in [-0.2, 0) is 9.59 Å². The molecule has 0 heterocycles. The van der Waals surface area contributed by atoms with Crippen molar-refractivity contribution in [3.05, 3.63) is 0 Å². The molecular weight excluding hydrogens is 859 g/mol. The Morgan fingerprint density at radius 3 is 0.814 bits per heavy atom. The van der Waals surface area contributed by atoms with Gasteiger partial charge in [-0.25, -0.2) is 0 Å². The summed E-state index contributed by atoms with van der Waals surface area (Å²) < 4.78 is 0. The highest BCUT2D eigenvalue weighted by Gasteiger charge is 2.23. The van der Waals surface area contributed by atoms with Crippen LogP contribution >= 0.6 is 0 Å². The maximum Gasteiger partial charge on any atom is 0.222 e. The molecule has 0 spiro atoms. The molecule has 6 nitrogen and oxygen atoms in total. The lowest BCUT2D eigenvalue weighted by Crippen LogP contribution is -2.33. The molecule has 1 rings (SSSR count). The fraction of sp³-hybridized carbons (Fsp3) is 0.969. The Morgan fingerprint density at radius 2 is 0.543 bits per heavy atom. The predicted octanol–water partition coefficient (Wildman–Crippen LogP) is 19.0. The molecule has 1 aliphatic rings. The van der Waals surface area contributed by atoms with Crippen molar-refractivity contribution >= 4 is 11.8 Å². The van der Waals surface area contributed by atoms with Crippen molar-refractivity contribution < 1.29 is 14.7 Å². The summed E-state index contributed by atoms with van der Waals surface area (Å²) in [5, 5.41) is 9.75. The first-order chi connectivity index (χ1) is 34.5. The number of carbonyl (C=O) groups is 2. The largest absolute Gasteiger partial charge is 0.396 e. The van der Waals surface area contributed by atoms with E-state index in [1.54, 1.807) is 0 Å². The van der Waals surface area contributed by atoms with Crippen LogP contribution in [0.1, 0.15) is 336 Å². The van der Waals surface area contributed by atoms with Gasteiger partial charge in [0, 0.05) is 52.2 Å². The number of unbranched alkanes of at least 4 members (excludes halogenated alkanes) is 36. The fourth-order valence-corrected chi connectivity index (χ4v) is 11.3. The Morgan fingerprint density at radius 1 is 0.314 bits per heavy atom. The van der Waals surface area contributed by atoms with Crippen LogP contribution < -0.4 is 0 Å². The van der Waals surface area contributed by atoms with Gasteiger partial charge in [0.05, 0.1) is 0 Å². The molecule has 416 valence electrons. The summed E-state index contributed by atoms with van der Waals surface area (Å²) >= 11 is 0. The van der Waals surface area contributed by atoms with E-state index in [0.29, 0.717) is 24.3 Å². The maximum absolute atomic E-state index is 13.5. The Balaban J connectivity index is 2.49. The van der Waals surface area contributed by atoms with Gasteiger partial charge in [-0.2, -0.15) is 0 Å². The van der Waals surface area contributed by atoms with Crippen molar-refractivity contribution in [3.8, 4) is 0 Å². The fourth-order valence-electron chi connectivity index (χ4n) is 11.3. The van der Waals surface area contributed by atoms with Crippen LogP contribution in [0.25, 0.3) is 0 Å². The lowest BCUT2D eigenvalue weighted by atomic mass is 9.82. The first kappa shape index (κ1) is 66.9. The summed E-state index contributed by atoms with van der Waals surface area (Å²) in [5.41, 5.74) is 0. The third-order valence-corrected chi connectivity index (χ3v) is 16.3. The average molecular weight is 987 g/mol. The van der Waals surface area contributed by atoms with Gasteiger partial charge in [-0.3, -0.25) is 9.59 Å². The van der Waals surface area contributed by atoms with Gasteiger partial charge < -0.3 is 19.8 Å². The van der Waals surface area contributed by atoms with Crippen molar-refractivity contribution in [1.29, 1.82) is 0 Å². The molecular formula is C64H127N3O3. The van der Waals surface area contributed by atoms with E-state index in [-0.39, 0.29) is 0 Å². The summed E-state index contributed by atoms with van der Waals surface area (Å²) in [5.74, 6) is 2.14. The van der Waals surface area contributed by atoms with Crippen molar-refractivity contribution in [2.45, 2.75) is 336 Å². The number of aliphatic hydroxyl groups excluding tert-OH is 1. The van der Waals surface area contributed by atoms with Gasteiger partial charge in [0.15, 0.2) is 0 Å². The molecule has 0 radical (unpaired) electrons. The number of nitrogens with zero attached hydrogens (tertiary/aromatic N) is 3. The minimum absolute atomic E-state index is 0.362. The first-order valence-corrected chi connectivity index (χ1v) is 32.4. The van der Waals surface area contributed by atoms with E-state index in [1.807, 2.05) is 0 Å². The van der Waals surface area contributed by atoms with Crippen molar-refractivity contribution in [1.82, 2.24) is 14.7 Å². The molecule has 1 N–H and O–H groups in total. The number of hydrogen-bond acceptors (Lipinski definition) is 4. The number of carbonyl (C=O) groups excluding carboxylic acids is 2. The van der Waals surface area contributed by atoms with E-state index in [0.717, 1.165) is 57.8 Å². The molecule has 0 bridgehead atoms. The Labute approximate surface area is 439 Å². The lowest BCUT2D eigenvalue weighted by molar-refractivity contribution is -0.132. The number of rotatable bonds is 55. The maximum atomic E-state index is 13.5. The van der Waals surface area contributed by atoms with Crippen LogP contribution in [0.3, 0.4) is 0 Å². The second kappa shape index (κ2) is 52.7.